The van der Waals surface area contributed by atoms with Crippen molar-refractivity contribution in [3.8, 4) is 5.69 Å². The van der Waals surface area contributed by atoms with E-state index in [1.54, 1.807) is 4.68 Å². The quantitative estimate of drug-likeness (QED) is 0.686. The van der Waals surface area contributed by atoms with E-state index >= 15 is 0 Å². The smallest absolute Gasteiger partial charge is 0.321 e. The first-order valence-electron chi connectivity index (χ1n) is 8.76. The van der Waals surface area contributed by atoms with E-state index in [0.717, 1.165) is 37.8 Å². The van der Waals surface area contributed by atoms with E-state index in [4.69, 9.17) is 0 Å². The predicted molar refractivity (Wildman–Crippen MR) is 98.2 cm³/mol. The molecular weight excluding hydrogens is 352 g/mol. The number of nitrogens with one attached hydrogen (secondary N) is 2. The second kappa shape index (κ2) is 8.79. The lowest BCUT2D eigenvalue weighted by Crippen LogP contribution is -2.41. The molecule has 1 aliphatic carbocycles. The second-order valence-corrected chi connectivity index (χ2v) is 7.17. The molecular formula is C17H22N6O2S. The minimum Gasteiger partial charge on any atom is -0.335 e. The van der Waals surface area contributed by atoms with E-state index in [2.05, 4.69) is 45.2 Å². The molecule has 0 radical (unpaired) electrons. The summed E-state index contributed by atoms with van der Waals surface area (Å²) in [6, 6.07) is 7.83. The van der Waals surface area contributed by atoms with Gasteiger partial charge in [-0.15, -0.1) is 5.10 Å². The van der Waals surface area contributed by atoms with Gasteiger partial charge in [0.05, 0.1) is 11.4 Å². The van der Waals surface area contributed by atoms with Crippen LogP contribution >= 0.6 is 11.8 Å². The standard InChI is InChI=1S/C17H22N6O2S/c1-2-3-4-12-5-9-14(10-6-12)23-17(20-21-22-23)26-11-15(24)19-16(25)18-13-7-8-13/h5-6,9-10,13H,2-4,7-8,11H2,1H3,(H2,18,19,24,25). The van der Waals surface area contributed by atoms with Gasteiger partial charge in [-0.05, 0) is 53.8 Å². The zero-order chi connectivity index (χ0) is 18.4. The number of carbonyl (C=O) groups excluding carboxylic acids is 2. The highest BCUT2D eigenvalue weighted by molar-refractivity contribution is 7.99. The van der Waals surface area contributed by atoms with Gasteiger partial charge in [0.25, 0.3) is 0 Å². The van der Waals surface area contributed by atoms with Gasteiger partial charge in [0.1, 0.15) is 0 Å². The van der Waals surface area contributed by atoms with Crippen molar-refractivity contribution in [2.75, 3.05) is 5.75 Å². The topological polar surface area (TPSA) is 102 Å². The SMILES string of the molecule is CCCCc1ccc(-n2nnnc2SCC(=O)NC(=O)NC2CC2)cc1. The summed E-state index contributed by atoms with van der Waals surface area (Å²) in [6.07, 6.45) is 5.33. The summed E-state index contributed by atoms with van der Waals surface area (Å²) in [5, 5.41) is 17.2. The number of hydrogen-bond donors (Lipinski definition) is 2. The molecule has 26 heavy (non-hydrogen) atoms. The number of imide groups is 1. The molecule has 0 spiro atoms. The first-order valence-corrected chi connectivity index (χ1v) is 9.75. The number of carbonyl (C=O) groups is 2. The van der Waals surface area contributed by atoms with Gasteiger partial charge in [0.2, 0.25) is 11.1 Å². The Labute approximate surface area is 156 Å². The lowest BCUT2D eigenvalue weighted by atomic mass is 10.1. The normalized spacial score (nSPS) is 13.4. The zero-order valence-corrected chi connectivity index (χ0v) is 15.5. The van der Waals surface area contributed by atoms with Crippen LogP contribution in [0.2, 0.25) is 0 Å². The third kappa shape index (κ3) is 5.29. The van der Waals surface area contributed by atoms with E-state index in [1.165, 1.54) is 17.3 Å². The molecule has 0 unspecified atom stereocenters. The second-order valence-electron chi connectivity index (χ2n) is 6.23. The van der Waals surface area contributed by atoms with E-state index in [0.29, 0.717) is 5.16 Å². The molecule has 1 saturated carbocycles. The molecule has 0 saturated heterocycles. The minimum absolute atomic E-state index is 0.0625. The average Bonchev–Trinajstić information content (AvgIpc) is 3.32. The number of amides is 3. The number of tetrazole rings is 1. The molecule has 1 aromatic heterocycles. The number of aromatic nitrogens is 4. The maximum Gasteiger partial charge on any atom is 0.321 e. The molecule has 8 nitrogen and oxygen atoms in total. The van der Waals surface area contributed by atoms with Crippen LogP contribution in [0.3, 0.4) is 0 Å². The van der Waals surface area contributed by atoms with Gasteiger partial charge < -0.3 is 5.32 Å². The highest BCUT2D eigenvalue weighted by atomic mass is 32.2. The van der Waals surface area contributed by atoms with Crippen LogP contribution in [0.5, 0.6) is 0 Å². The van der Waals surface area contributed by atoms with Crippen LogP contribution in [0.1, 0.15) is 38.2 Å². The predicted octanol–water partition coefficient (Wildman–Crippen LogP) is 2.09. The first kappa shape index (κ1) is 18.4. The fourth-order valence-corrected chi connectivity index (χ4v) is 3.05. The number of unbranched alkanes of at least 4 members (excludes halogenated alkanes) is 1. The van der Waals surface area contributed by atoms with E-state index in [-0.39, 0.29) is 17.7 Å². The summed E-state index contributed by atoms with van der Waals surface area (Å²) >= 11 is 1.19. The summed E-state index contributed by atoms with van der Waals surface area (Å²) in [7, 11) is 0. The third-order valence-corrected chi connectivity index (χ3v) is 4.86. The van der Waals surface area contributed by atoms with Crippen molar-refractivity contribution in [3.63, 3.8) is 0 Å². The van der Waals surface area contributed by atoms with E-state index < -0.39 is 6.03 Å². The number of urea groups is 1. The maximum atomic E-state index is 11.9. The van der Waals surface area contributed by atoms with Gasteiger partial charge in [-0.2, -0.15) is 4.68 Å². The summed E-state index contributed by atoms with van der Waals surface area (Å²) in [6.45, 7) is 2.17. The highest BCUT2D eigenvalue weighted by Gasteiger charge is 2.24. The van der Waals surface area contributed by atoms with Gasteiger partial charge in [0.15, 0.2) is 0 Å². The van der Waals surface area contributed by atoms with Crippen LogP contribution in [0.15, 0.2) is 29.4 Å². The molecule has 1 heterocycles. The molecule has 2 N–H and O–H groups in total. The molecule has 2 aromatic rings. The summed E-state index contributed by atoms with van der Waals surface area (Å²) in [4.78, 5) is 23.4. The number of rotatable bonds is 8. The lowest BCUT2D eigenvalue weighted by molar-refractivity contribution is -0.117. The van der Waals surface area contributed by atoms with E-state index in [1.807, 2.05) is 12.1 Å². The van der Waals surface area contributed by atoms with Crippen molar-refractivity contribution in [3.05, 3.63) is 29.8 Å². The highest BCUT2D eigenvalue weighted by Crippen LogP contribution is 2.19. The first-order chi connectivity index (χ1) is 12.7. The Morgan fingerprint density at radius 3 is 2.73 bits per heavy atom. The Bertz CT molecular complexity index is 757. The van der Waals surface area contributed by atoms with Crippen LogP contribution in [-0.4, -0.2) is 43.9 Å². The fourth-order valence-electron chi connectivity index (χ4n) is 2.36. The maximum absolute atomic E-state index is 11.9. The van der Waals surface area contributed by atoms with Crippen molar-refractivity contribution in [2.45, 2.75) is 50.2 Å². The largest absolute Gasteiger partial charge is 0.335 e. The third-order valence-electron chi connectivity index (χ3n) is 3.94. The van der Waals surface area contributed by atoms with Crippen molar-refractivity contribution >= 4 is 23.7 Å². The van der Waals surface area contributed by atoms with Gasteiger partial charge >= 0.3 is 6.03 Å². The molecule has 138 valence electrons. The summed E-state index contributed by atoms with van der Waals surface area (Å²) in [5.41, 5.74) is 2.11. The van der Waals surface area contributed by atoms with Crippen LogP contribution in [0, 0.1) is 0 Å². The molecule has 1 fully saturated rings. The Morgan fingerprint density at radius 1 is 1.27 bits per heavy atom. The molecule has 9 heteroatoms. The van der Waals surface area contributed by atoms with Gasteiger partial charge in [-0.25, -0.2) is 4.79 Å². The van der Waals surface area contributed by atoms with Crippen LogP contribution in [0.25, 0.3) is 5.69 Å². The Hall–Kier alpha value is -2.42. The Balaban J connectivity index is 1.54. The minimum atomic E-state index is -0.444. The monoisotopic (exact) mass is 374 g/mol. The van der Waals surface area contributed by atoms with Crippen molar-refractivity contribution in [2.24, 2.45) is 0 Å². The molecule has 0 bridgehead atoms. The Kier molecular flexibility index (Phi) is 6.21. The molecule has 0 aliphatic heterocycles. The van der Waals surface area contributed by atoms with Crippen LogP contribution in [-0.2, 0) is 11.2 Å². The van der Waals surface area contributed by atoms with Crippen LogP contribution < -0.4 is 10.6 Å². The van der Waals surface area contributed by atoms with Gasteiger partial charge in [-0.1, -0.05) is 37.2 Å². The van der Waals surface area contributed by atoms with E-state index in [9.17, 15) is 9.59 Å². The molecule has 0 atom stereocenters. The summed E-state index contributed by atoms with van der Waals surface area (Å²) in [5.74, 6) is -0.315. The number of hydrogen-bond acceptors (Lipinski definition) is 6. The van der Waals surface area contributed by atoms with Gasteiger partial charge in [-0.3, -0.25) is 10.1 Å². The van der Waals surface area contributed by atoms with Crippen molar-refractivity contribution in [1.29, 1.82) is 0 Å². The number of benzene rings is 1. The molecule has 1 aliphatic rings. The molecule has 3 rings (SSSR count). The number of aryl methyl sites for hydroxylation is 1. The van der Waals surface area contributed by atoms with Crippen molar-refractivity contribution < 1.29 is 9.59 Å². The van der Waals surface area contributed by atoms with Crippen LogP contribution in [0.4, 0.5) is 4.79 Å². The zero-order valence-electron chi connectivity index (χ0n) is 14.6. The van der Waals surface area contributed by atoms with Gasteiger partial charge in [0, 0.05) is 6.04 Å². The van der Waals surface area contributed by atoms with Crippen molar-refractivity contribution in [1.82, 2.24) is 30.8 Å². The summed E-state index contributed by atoms with van der Waals surface area (Å²) < 4.78 is 1.59. The fraction of sp³-hybridized carbons (Fsp3) is 0.471. The average molecular weight is 374 g/mol. The number of thioether (sulfide) groups is 1. The molecule has 1 aromatic carbocycles. The number of nitrogens with zero attached hydrogens (tertiary/aromatic N) is 4. The molecule has 3 amide bonds. The Morgan fingerprint density at radius 2 is 2.04 bits per heavy atom. The lowest BCUT2D eigenvalue weighted by Gasteiger charge is -2.07.